The van der Waals surface area contributed by atoms with Crippen molar-refractivity contribution in [2.45, 2.75) is 25.1 Å². The van der Waals surface area contributed by atoms with Crippen LogP contribution in [0, 0.1) is 0 Å². The number of benzene rings is 1. The molecule has 0 atom stereocenters. The van der Waals surface area contributed by atoms with E-state index in [9.17, 15) is 17.6 Å². The SMILES string of the molecule is CCOc1cc(C=Nn2c(SC)nnc2C(F)F)ccc1OC(F)F. The van der Waals surface area contributed by atoms with Gasteiger partial charge in [0.1, 0.15) is 0 Å². The highest BCUT2D eigenvalue weighted by Gasteiger charge is 2.19. The molecule has 0 unspecified atom stereocenters. The van der Waals surface area contributed by atoms with Crippen molar-refractivity contribution in [3.05, 3.63) is 29.6 Å². The minimum absolute atomic E-state index is 0.0923. The van der Waals surface area contributed by atoms with E-state index in [4.69, 9.17) is 4.74 Å². The Kier molecular flexibility index (Phi) is 6.62. The van der Waals surface area contributed by atoms with Gasteiger partial charge in [-0.25, -0.2) is 8.78 Å². The third kappa shape index (κ3) is 4.84. The van der Waals surface area contributed by atoms with Crippen LogP contribution < -0.4 is 9.47 Å². The first kappa shape index (κ1) is 19.0. The summed E-state index contributed by atoms with van der Waals surface area (Å²) in [7, 11) is 0. The maximum absolute atomic E-state index is 12.9. The van der Waals surface area contributed by atoms with Gasteiger partial charge in [0, 0.05) is 0 Å². The molecule has 0 fully saturated rings. The Hall–Kier alpha value is -2.30. The number of thioether (sulfide) groups is 1. The minimum Gasteiger partial charge on any atom is -0.490 e. The summed E-state index contributed by atoms with van der Waals surface area (Å²) >= 11 is 1.10. The number of ether oxygens (including phenoxy) is 2. The van der Waals surface area contributed by atoms with Crippen LogP contribution in [-0.2, 0) is 0 Å². The van der Waals surface area contributed by atoms with Gasteiger partial charge in [0.15, 0.2) is 11.5 Å². The number of alkyl halides is 4. The Morgan fingerprint density at radius 1 is 1.24 bits per heavy atom. The number of rotatable bonds is 8. The molecule has 1 heterocycles. The molecule has 11 heteroatoms. The molecule has 0 spiro atoms. The normalized spacial score (nSPS) is 11.7. The molecular weight excluding hydrogens is 364 g/mol. The van der Waals surface area contributed by atoms with E-state index in [-0.39, 0.29) is 23.3 Å². The fraction of sp³-hybridized carbons (Fsp3) is 0.357. The molecule has 0 N–H and O–H groups in total. The summed E-state index contributed by atoms with van der Waals surface area (Å²) in [5.41, 5.74) is 0.436. The Labute approximate surface area is 144 Å². The molecule has 6 nitrogen and oxygen atoms in total. The second-order valence-electron chi connectivity index (χ2n) is 4.42. The van der Waals surface area contributed by atoms with Crippen LogP contribution in [0.3, 0.4) is 0 Å². The fourth-order valence-corrected chi connectivity index (χ4v) is 2.28. The lowest BCUT2D eigenvalue weighted by Crippen LogP contribution is -2.05. The van der Waals surface area contributed by atoms with Gasteiger partial charge in [-0.05, 0) is 36.9 Å². The standard InChI is InChI=1S/C14H14F4N4O2S/c1-3-23-10-6-8(4-5-9(10)24-13(17)18)7-19-22-12(11(15)16)20-21-14(22)25-2/h4-7,11,13H,3H2,1-2H3. The van der Waals surface area contributed by atoms with Crippen molar-refractivity contribution >= 4 is 18.0 Å². The lowest BCUT2D eigenvalue weighted by Gasteiger charge is -2.11. The predicted molar refractivity (Wildman–Crippen MR) is 84.0 cm³/mol. The van der Waals surface area contributed by atoms with Crippen molar-refractivity contribution in [1.82, 2.24) is 14.9 Å². The summed E-state index contributed by atoms with van der Waals surface area (Å²) in [4.78, 5) is 0. The second-order valence-corrected chi connectivity index (χ2v) is 5.19. The molecule has 1 aromatic heterocycles. The van der Waals surface area contributed by atoms with E-state index in [0.717, 1.165) is 16.4 Å². The number of hydrogen-bond acceptors (Lipinski definition) is 6. The van der Waals surface area contributed by atoms with E-state index in [1.165, 1.54) is 24.4 Å². The summed E-state index contributed by atoms with van der Waals surface area (Å²) in [5, 5.41) is 11.1. The van der Waals surface area contributed by atoms with Crippen molar-refractivity contribution in [3.8, 4) is 11.5 Å². The van der Waals surface area contributed by atoms with Crippen LogP contribution in [0.15, 0.2) is 28.5 Å². The molecule has 0 aliphatic carbocycles. The first-order chi connectivity index (χ1) is 12.0. The predicted octanol–water partition coefficient (Wildman–Crippen LogP) is 3.82. The molecule has 0 aliphatic rings. The van der Waals surface area contributed by atoms with E-state index < -0.39 is 18.9 Å². The van der Waals surface area contributed by atoms with Gasteiger partial charge in [-0.1, -0.05) is 11.8 Å². The zero-order chi connectivity index (χ0) is 18.4. The van der Waals surface area contributed by atoms with E-state index in [1.807, 2.05) is 0 Å². The Bertz CT molecular complexity index is 740. The zero-order valence-electron chi connectivity index (χ0n) is 13.2. The van der Waals surface area contributed by atoms with Crippen molar-refractivity contribution in [3.63, 3.8) is 0 Å². The average molecular weight is 378 g/mol. The average Bonchev–Trinajstić information content (AvgIpc) is 2.98. The summed E-state index contributed by atoms with van der Waals surface area (Å²) in [6.45, 7) is -1.07. The summed E-state index contributed by atoms with van der Waals surface area (Å²) < 4.78 is 61.1. The monoisotopic (exact) mass is 378 g/mol. The van der Waals surface area contributed by atoms with Crippen LogP contribution in [0.1, 0.15) is 24.7 Å². The molecule has 0 aliphatic heterocycles. The second kappa shape index (κ2) is 8.70. The quantitative estimate of drug-likeness (QED) is 0.397. The third-order valence-electron chi connectivity index (χ3n) is 2.82. The van der Waals surface area contributed by atoms with Crippen molar-refractivity contribution < 1.29 is 27.0 Å². The first-order valence-corrected chi connectivity index (χ1v) is 8.22. The van der Waals surface area contributed by atoms with E-state index in [0.29, 0.717) is 5.56 Å². The summed E-state index contributed by atoms with van der Waals surface area (Å²) in [5.74, 6) is -0.630. The maximum atomic E-state index is 12.9. The highest BCUT2D eigenvalue weighted by atomic mass is 32.2. The van der Waals surface area contributed by atoms with Crippen LogP contribution in [0.2, 0.25) is 0 Å². The van der Waals surface area contributed by atoms with Crippen LogP contribution in [0.25, 0.3) is 0 Å². The Morgan fingerprint density at radius 3 is 2.60 bits per heavy atom. The van der Waals surface area contributed by atoms with Gasteiger partial charge in [-0.2, -0.15) is 18.6 Å². The molecule has 0 bridgehead atoms. The number of aromatic nitrogens is 3. The maximum Gasteiger partial charge on any atom is 0.387 e. The lowest BCUT2D eigenvalue weighted by atomic mass is 10.2. The minimum atomic E-state index is -2.99. The van der Waals surface area contributed by atoms with E-state index in [2.05, 4.69) is 20.0 Å². The van der Waals surface area contributed by atoms with Crippen molar-refractivity contribution in [2.24, 2.45) is 5.10 Å². The van der Waals surface area contributed by atoms with Gasteiger partial charge in [-0.15, -0.1) is 10.2 Å². The zero-order valence-corrected chi connectivity index (χ0v) is 14.0. The van der Waals surface area contributed by atoms with Crippen molar-refractivity contribution in [1.29, 1.82) is 0 Å². The van der Waals surface area contributed by atoms with Crippen LogP contribution in [0.5, 0.6) is 11.5 Å². The molecule has 0 saturated heterocycles. The van der Waals surface area contributed by atoms with Gasteiger partial charge < -0.3 is 9.47 Å². The summed E-state index contributed by atoms with van der Waals surface area (Å²) in [6, 6.07) is 4.14. The van der Waals surface area contributed by atoms with Crippen LogP contribution >= 0.6 is 11.8 Å². The number of hydrogen-bond donors (Lipinski definition) is 0. The molecule has 0 amide bonds. The van der Waals surface area contributed by atoms with Crippen LogP contribution in [0.4, 0.5) is 17.6 Å². The molecular formula is C14H14F4N4O2S. The van der Waals surface area contributed by atoms with Crippen molar-refractivity contribution in [2.75, 3.05) is 12.9 Å². The van der Waals surface area contributed by atoms with Gasteiger partial charge in [0.05, 0.1) is 12.8 Å². The molecule has 2 aromatic rings. The fourth-order valence-electron chi connectivity index (χ4n) is 1.84. The van der Waals surface area contributed by atoms with E-state index >= 15 is 0 Å². The van der Waals surface area contributed by atoms with Crippen LogP contribution in [-0.4, -0.2) is 40.6 Å². The Morgan fingerprint density at radius 2 is 2.00 bits per heavy atom. The Balaban J connectivity index is 2.32. The third-order valence-corrected chi connectivity index (χ3v) is 3.44. The van der Waals surface area contributed by atoms with Gasteiger partial charge in [0.25, 0.3) is 6.43 Å². The van der Waals surface area contributed by atoms with E-state index in [1.54, 1.807) is 13.2 Å². The highest BCUT2D eigenvalue weighted by Crippen LogP contribution is 2.29. The smallest absolute Gasteiger partial charge is 0.387 e. The van der Waals surface area contributed by atoms with Gasteiger partial charge >= 0.3 is 6.61 Å². The lowest BCUT2D eigenvalue weighted by molar-refractivity contribution is -0.0514. The van der Waals surface area contributed by atoms with Gasteiger partial charge in [0.2, 0.25) is 11.0 Å². The molecule has 136 valence electrons. The number of halogens is 4. The number of nitrogens with zero attached hydrogens (tertiary/aromatic N) is 4. The van der Waals surface area contributed by atoms with Gasteiger partial charge in [-0.3, -0.25) is 0 Å². The first-order valence-electron chi connectivity index (χ1n) is 6.99. The molecule has 1 aromatic carbocycles. The highest BCUT2D eigenvalue weighted by molar-refractivity contribution is 7.98. The largest absolute Gasteiger partial charge is 0.490 e. The molecule has 0 radical (unpaired) electrons. The molecule has 0 saturated carbocycles. The summed E-state index contributed by atoms with van der Waals surface area (Å²) in [6.07, 6.45) is 0.0739. The molecule has 2 rings (SSSR count). The topological polar surface area (TPSA) is 61.5 Å². The molecule has 25 heavy (non-hydrogen) atoms.